The second-order valence-electron chi connectivity index (χ2n) is 7.46. The van der Waals surface area contributed by atoms with Gasteiger partial charge in [-0.15, -0.1) is 0 Å². The van der Waals surface area contributed by atoms with E-state index in [1.165, 1.54) is 6.42 Å². The fraction of sp³-hybridized carbons (Fsp3) is 0.889. The molecule has 24 heavy (non-hydrogen) atoms. The molecular weight excluding hydrogens is 306 g/mol. The van der Waals surface area contributed by atoms with E-state index in [4.69, 9.17) is 4.74 Å². The lowest BCUT2D eigenvalue weighted by atomic mass is 9.76. The summed E-state index contributed by atoms with van der Waals surface area (Å²) in [5.74, 6) is 1.55. The average Bonchev–Trinajstić information content (AvgIpc) is 2.56. The molecule has 136 valence electrons. The van der Waals surface area contributed by atoms with E-state index in [0.29, 0.717) is 43.5 Å². The number of nitrogens with one attached hydrogen (secondary N) is 1. The van der Waals surface area contributed by atoms with Crippen molar-refractivity contribution in [2.75, 3.05) is 45.9 Å². The third-order valence-corrected chi connectivity index (χ3v) is 5.61. The Labute approximate surface area is 144 Å². The standard InChI is InChI=1S/C18H31N3O3/c1-2-24-8-4-7-19-17(22)13-20-10-14-9-15(12-20)16-5-3-6-18(23)21(16)11-14/h14-16H,2-13H2,1H3,(H,19,22)/t14-,15-,16-/m1/s1. The van der Waals surface area contributed by atoms with Gasteiger partial charge in [-0.25, -0.2) is 0 Å². The number of fused-ring (bicyclic) bond motifs is 4. The Morgan fingerprint density at radius 3 is 3.04 bits per heavy atom. The maximum Gasteiger partial charge on any atom is 0.234 e. The number of carbonyl (C=O) groups excluding carboxylic acids is 2. The highest BCUT2D eigenvalue weighted by Crippen LogP contribution is 2.37. The maximum atomic E-state index is 12.2. The topological polar surface area (TPSA) is 61.9 Å². The van der Waals surface area contributed by atoms with Gasteiger partial charge in [0.25, 0.3) is 0 Å². The molecule has 0 aromatic carbocycles. The molecule has 2 amide bonds. The lowest BCUT2D eigenvalue weighted by Crippen LogP contribution is -2.61. The fourth-order valence-corrected chi connectivity index (χ4v) is 4.65. The number of nitrogens with zero attached hydrogens (tertiary/aromatic N) is 2. The van der Waals surface area contributed by atoms with Crippen molar-refractivity contribution in [2.24, 2.45) is 11.8 Å². The van der Waals surface area contributed by atoms with Gasteiger partial charge >= 0.3 is 0 Å². The van der Waals surface area contributed by atoms with Crippen LogP contribution in [-0.4, -0.2) is 73.6 Å². The fourth-order valence-electron chi connectivity index (χ4n) is 4.65. The molecule has 0 radical (unpaired) electrons. The minimum Gasteiger partial charge on any atom is -0.382 e. The van der Waals surface area contributed by atoms with Crippen molar-refractivity contribution in [2.45, 2.75) is 45.1 Å². The van der Waals surface area contributed by atoms with Crippen molar-refractivity contribution in [3.63, 3.8) is 0 Å². The normalized spacial score (nSPS) is 30.1. The quantitative estimate of drug-likeness (QED) is 0.700. The number of piperidine rings is 3. The van der Waals surface area contributed by atoms with E-state index in [0.717, 1.165) is 51.9 Å². The number of likely N-dealkylation sites (tertiary alicyclic amines) is 1. The molecule has 3 aliphatic rings. The van der Waals surface area contributed by atoms with Gasteiger partial charge in [0.15, 0.2) is 0 Å². The van der Waals surface area contributed by atoms with E-state index >= 15 is 0 Å². The van der Waals surface area contributed by atoms with E-state index in [1.807, 2.05) is 6.92 Å². The summed E-state index contributed by atoms with van der Waals surface area (Å²) < 4.78 is 5.28. The Morgan fingerprint density at radius 2 is 2.21 bits per heavy atom. The highest BCUT2D eigenvalue weighted by molar-refractivity contribution is 5.78. The van der Waals surface area contributed by atoms with E-state index < -0.39 is 0 Å². The summed E-state index contributed by atoms with van der Waals surface area (Å²) in [5, 5.41) is 2.99. The number of carbonyl (C=O) groups is 2. The number of ether oxygens (including phenoxy) is 1. The molecule has 0 unspecified atom stereocenters. The van der Waals surface area contributed by atoms with E-state index in [2.05, 4.69) is 15.1 Å². The Bertz CT molecular complexity index is 457. The smallest absolute Gasteiger partial charge is 0.234 e. The highest BCUT2D eigenvalue weighted by atomic mass is 16.5. The first-order valence-electron chi connectivity index (χ1n) is 9.53. The zero-order valence-corrected chi connectivity index (χ0v) is 14.8. The SMILES string of the molecule is CCOCCCNC(=O)CN1C[C@H]2C[C@H](C1)[C@H]1CCCC(=O)N1C2. The van der Waals surface area contributed by atoms with Gasteiger partial charge < -0.3 is 15.0 Å². The largest absolute Gasteiger partial charge is 0.382 e. The van der Waals surface area contributed by atoms with Gasteiger partial charge in [-0.2, -0.15) is 0 Å². The van der Waals surface area contributed by atoms with Crippen LogP contribution < -0.4 is 5.32 Å². The molecule has 3 rings (SSSR count). The van der Waals surface area contributed by atoms with Crippen molar-refractivity contribution in [1.29, 1.82) is 0 Å². The molecule has 3 fully saturated rings. The number of hydrogen-bond acceptors (Lipinski definition) is 4. The van der Waals surface area contributed by atoms with Crippen LogP contribution in [0.2, 0.25) is 0 Å². The first-order chi connectivity index (χ1) is 11.7. The predicted molar refractivity (Wildman–Crippen MR) is 91.5 cm³/mol. The maximum absolute atomic E-state index is 12.2. The molecule has 0 aliphatic carbocycles. The summed E-state index contributed by atoms with van der Waals surface area (Å²) in [6.45, 7) is 7.38. The zero-order chi connectivity index (χ0) is 16.9. The van der Waals surface area contributed by atoms with Gasteiger partial charge in [-0.1, -0.05) is 0 Å². The van der Waals surface area contributed by atoms with Crippen molar-refractivity contribution in [3.05, 3.63) is 0 Å². The Kier molecular flexibility index (Phi) is 6.11. The molecule has 1 N–H and O–H groups in total. The predicted octanol–water partition coefficient (Wildman–Crippen LogP) is 0.862. The molecular formula is C18H31N3O3. The second-order valence-corrected chi connectivity index (χ2v) is 7.46. The van der Waals surface area contributed by atoms with Gasteiger partial charge in [0.05, 0.1) is 6.54 Å². The van der Waals surface area contributed by atoms with Crippen LogP contribution in [0.5, 0.6) is 0 Å². The van der Waals surface area contributed by atoms with Gasteiger partial charge in [0, 0.05) is 51.9 Å². The summed E-state index contributed by atoms with van der Waals surface area (Å²) >= 11 is 0. The summed E-state index contributed by atoms with van der Waals surface area (Å²) in [7, 11) is 0. The summed E-state index contributed by atoms with van der Waals surface area (Å²) in [6.07, 6.45) is 4.98. The van der Waals surface area contributed by atoms with Crippen molar-refractivity contribution in [1.82, 2.24) is 15.1 Å². The van der Waals surface area contributed by atoms with E-state index in [-0.39, 0.29) is 5.91 Å². The third-order valence-electron chi connectivity index (χ3n) is 5.61. The van der Waals surface area contributed by atoms with Gasteiger partial charge in [0.1, 0.15) is 0 Å². The average molecular weight is 337 g/mol. The second kappa shape index (κ2) is 8.30. The number of hydrogen-bond donors (Lipinski definition) is 1. The van der Waals surface area contributed by atoms with Crippen LogP contribution in [0.3, 0.4) is 0 Å². The molecule has 0 aromatic heterocycles. The molecule has 0 aromatic rings. The van der Waals surface area contributed by atoms with Crippen LogP contribution in [-0.2, 0) is 14.3 Å². The molecule has 2 bridgehead atoms. The highest BCUT2D eigenvalue weighted by Gasteiger charge is 2.43. The summed E-state index contributed by atoms with van der Waals surface area (Å²) in [5.41, 5.74) is 0. The minimum absolute atomic E-state index is 0.114. The van der Waals surface area contributed by atoms with Gasteiger partial charge in [0.2, 0.25) is 11.8 Å². The lowest BCUT2D eigenvalue weighted by molar-refractivity contribution is -0.145. The first-order valence-corrected chi connectivity index (χ1v) is 9.53. The minimum atomic E-state index is 0.114. The van der Waals surface area contributed by atoms with Crippen LogP contribution in [0.15, 0.2) is 0 Å². The third kappa shape index (κ3) is 4.28. The van der Waals surface area contributed by atoms with Crippen molar-refractivity contribution >= 4 is 11.8 Å². The molecule has 3 aliphatic heterocycles. The van der Waals surface area contributed by atoms with Crippen LogP contribution in [0.25, 0.3) is 0 Å². The summed E-state index contributed by atoms with van der Waals surface area (Å²) in [6, 6.07) is 0.416. The molecule has 6 heteroatoms. The van der Waals surface area contributed by atoms with Gasteiger partial charge in [-0.3, -0.25) is 14.5 Å². The molecule has 6 nitrogen and oxygen atoms in total. The molecule has 3 heterocycles. The first kappa shape index (κ1) is 17.7. The van der Waals surface area contributed by atoms with Crippen LogP contribution in [0, 0.1) is 11.8 Å². The van der Waals surface area contributed by atoms with E-state index in [1.54, 1.807) is 0 Å². The van der Waals surface area contributed by atoms with Crippen LogP contribution in [0.4, 0.5) is 0 Å². The summed E-state index contributed by atoms with van der Waals surface area (Å²) in [4.78, 5) is 28.7. The van der Waals surface area contributed by atoms with E-state index in [9.17, 15) is 9.59 Å². The van der Waals surface area contributed by atoms with Crippen LogP contribution in [0.1, 0.15) is 39.0 Å². The lowest BCUT2D eigenvalue weighted by Gasteiger charge is -2.52. The molecule has 3 atom stereocenters. The molecule has 3 saturated heterocycles. The molecule has 0 saturated carbocycles. The Morgan fingerprint density at radius 1 is 1.33 bits per heavy atom. The Balaban J connectivity index is 1.44. The molecule has 0 spiro atoms. The van der Waals surface area contributed by atoms with Crippen molar-refractivity contribution in [3.8, 4) is 0 Å². The zero-order valence-electron chi connectivity index (χ0n) is 14.8. The van der Waals surface area contributed by atoms with Crippen LogP contribution >= 0.6 is 0 Å². The number of rotatable bonds is 7. The van der Waals surface area contributed by atoms with Crippen molar-refractivity contribution < 1.29 is 14.3 Å². The number of amides is 2. The van der Waals surface area contributed by atoms with Gasteiger partial charge in [-0.05, 0) is 44.4 Å². The monoisotopic (exact) mass is 337 g/mol. The Hall–Kier alpha value is -1.14.